The summed E-state index contributed by atoms with van der Waals surface area (Å²) in [5, 5.41) is 10.0. The van der Waals surface area contributed by atoms with Crippen LogP contribution >= 0.6 is 11.6 Å². The number of esters is 1. The molecule has 8 heteroatoms. The van der Waals surface area contributed by atoms with Gasteiger partial charge in [-0.25, -0.2) is 8.42 Å². The fraction of sp³-hybridized carbons (Fsp3) is 0.462. The number of carbonyl (C=O) groups excluding carboxylic acids is 1. The Morgan fingerprint density at radius 1 is 1.48 bits per heavy atom. The van der Waals surface area contributed by atoms with Gasteiger partial charge in [-0.3, -0.25) is 4.79 Å². The van der Waals surface area contributed by atoms with E-state index in [9.17, 15) is 18.3 Å². The highest BCUT2D eigenvalue weighted by atomic mass is 35.5. The second-order valence-corrected chi connectivity index (χ2v) is 7.13. The van der Waals surface area contributed by atoms with E-state index in [0.29, 0.717) is 10.6 Å². The van der Waals surface area contributed by atoms with Crippen LogP contribution in [0.5, 0.6) is 0 Å². The summed E-state index contributed by atoms with van der Waals surface area (Å²) in [4.78, 5) is 11.8. The predicted molar refractivity (Wildman–Crippen MR) is 76.5 cm³/mol. The van der Waals surface area contributed by atoms with Crippen LogP contribution in [0, 0.1) is 6.92 Å². The molecule has 1 aliphatic heterocycles. The lowest BCUT2D eigenvalue weighted by molar-refractivity contribution is -0.144. The number of carbonyl (C=O) groups is 1. The van der Waals surface area contributed by atoms with Gasteiger partial charge in [0.2, 0.25) is 10.0 Å². The van der Waals surface area contributed by atoms with Crippen molar-refractivity contribution in [3.63, 3.8) is 0 Å². The molecular weight excluding hydrogens is 318 g/mol. The maximum Gasteiger partial charge on any atom is 0.324 e. The molecular formula is C13H16ClNO5S. The molecule has 0 aliphatic carbocycles. The van der Waals surface area contributed by atoms with E-state index in [1.165, 1.54) is 19.2 Å². The average molecular weight is 334 g/mol. The van der Waals surface area contributed by atoms with Crippen molar-refractivity contribution in [3.05, 3.63) is 28.8 Å². The zero-order chi connectivity index (χ0) is 15.8. The number of sulfonamides is 1. The molecule has 1 N–H and O–H groups in total. The Kier molecular flexibility index (Phi) is 4.57. The van der Waals surface area contributed by atoms with Gasteiger partial charge in [0.25, 0.3) is 0 Å². The van der Waals surface area contributed by atoms with Crippen LogP contribution in [0.3, 0.4) is 0 Å². The number of halogens is 1. The lowest BCUT2D eigenvalue weighted by Crippen LogP contribution is -2.41. The minimum atomic E-state index is -3.94. The molecule has 21 heavy (non-hydrogen) atoms. The Hall–Kier alpha value is -1.15. The molecule has 2 unspecified atom stereocenters. The second-order valence-electron chi connectivity index (χ2n) is 4.87. The monoisotopic (exact) mass is 333 g/mol. The van der Waals surface area contributed by atoms with Crippen molar-refractivity contribution in [2.75, 3.05) is 13.7 Å². The minimum absolute atomic E-state index is 0.0194. The third-order valence-electron chi connectivity index (χ3n) is 3.51. The number of methoxy groups -OCH3 is 1. The Morgan fingerprint density at radius 2 is 2.14 bits per heavy atom. The summed E-state index contributed by atoms with van der Waals surface area (Å²) in [6.45, 7) is 1.45. The molecule has 6 nitrogen and oxygen atoms in total. The third-order valence-corrected chi connectivity index (χ3v) is 5.94. The van der Waals surface area contributed by atoms with Gasteiger partial charge in [0.05, 0.1) is 18.1 Å². The Labute approximate surface area is 128 Å². The molecule has 2 atom stereocenters. The van der Waals surface area contributed by atoms with E-state index >= 15 is 0 Å². The molecule has 116 valence electrons. The predicted octanol–water partition coefficient (Wildman–Crippen LogP) is 0.945. The van der Waals surface area contributed by atoms with Gasteiger partial charge >= 0.3 is 5.97 Å². The van der Waals surface area contributed by atoms with Crippen LogP contribution in [-0.2, 0) is 19.6 Å². The fourth-order valence-corrected chi connectivity index (χ4v) is 4.50. The first kappa shape index (κ1) is 16.2. The SMILES string of the molecule is COC(=O)C1CC(O)CN1S(=O)(=O)c1cccc(Cl)c1C. The molecule has 0 radical (unpaired) electrons. The largest absolute Gasteiger partial charge is 0.468 e. The number of β-amino-alcohol motifs (C(OH)–C–C–N with tert-alkyl or cyclic N) is 1. The third kappa shape index (κ3) is 2.91. The van der Waals surface area contributed by atoms with Crippen LogP contribution in [0.1, 0.15) is 12.0 Å². The smallest absolute Gasteiger partial charge is 0.324 e. The van der Waals surface area contributed by atoms with E-state index in [1.54, 1.807) is 13.0 Å². The summed E-state index contributed by atoms with van der Waals surface area (Å²) in [5.74, 6) is -0.685. The van der Waals surface area contributed by atoms with E-state index in [2.05, 4.69) is 4.74 Å². The normalized spacial score (nSPS) is 23.2. The van der Waals surface area contributed by atoms with Crippen molar-refractivity contribution < 1.29 is 23.1 Å². The number of ether oxygens (including phenoxy) is 1. The van der Waals surface area contributed by atoms with Crippen molar-refractivity contribution in [2.45, 2.75) is 30.4 Å². The van der Waals surface area contributed by atoms with Crippen molar-refractivity contribution in [2.24, 2.45) is 0 Å². The maximum absolute atomic E-state index is 12.7. The standard InChI is InChI=1S/C13H16ClNO5S/c1-8-10(14)4-3-5-12(8)21(18,19)15-7-9(16)6-11(15)13(17)20-2/h3-5,9,11,16H,6-7H2,1-2H3. The van der Waals surface area contributed by atoms with Crippen molar-refractivity contribution in [3.8, 4) is 0 Å². The molecule has 0 aromatic heterocycles. The van der Waals surface area contributed by atoms with Gasteiger partial charge in [-0.1, -0.05) is 17.7 Å². The van der Waals surface area contributed by atoms with Gasteiger partial charge in [0.15, 0.2) is 0 Å². The van der Waals surface area contributed by atoms with Crippen LogP contribution in [0.2, 0.25) is 5.02 Å². The van der Waals surface area contributed by atoms with E-state index < -0.39 is 28.1 Å². The van der Waals surface area contributed by atoms with Crippen molar-refractivity contribution >= 4 is 27.6 Å². The Balaban J connectivity index is 2.47. The van der Waals surface area contributed by atoms with Gasteiger partial charge in [-0.05, 0) is 24.6 Å². The maximum atomic E-state index is 12.7. The molecule has 0 amide bonds. The first-order valence-electron chi connectivity index (χ1n) is 6.32. The lowest BCUT2D eigenvalue weighted by atomic mass is 10.2. The van der Waals surface area contributed by atoms with E-state index in [4.69, 9.17) is 11.6 Å². The molecule has 0 saturated carbocycles. The lowest BCUT2D eigenvalue weighted by Gasteiger charge is -2.23. The molecule has 1 aromatic rings. The number of benzene rings is 1. The van der Waals surface area contributed by atoms with Gasteiger partial charge in [0.1, 0.15) is 6.04 Å². The summed E-state index contributed by atoms with van der Waals surface area (Å²) in [6.07, 6.45) is -0.880. The van der Waals surface area contributed by atoms with Crippen LogP contribution < -0.4 is 0 Å². The topological polar surface area (TPSA) is 83.9 Å². The number of nitrogens with zero attached hydrogens (tertiary/aromatic N) is 1. The molecule has 0 spiro atoms. The quantitative estimate of drug-likeness (QED) is 0.832. The van der Waals surface area contributed by atoms with Crippen molar-refractivity contribution in [1.82, 2.24) is 4.31 Å². The van der Waals surface area contributed by atoms with Crippen molar-refractivity contribution in [1.29, 1.82) is 0 Å². The van der Waals surface area contributed by atoms with E-state index in [0.717, 1.165) is 4.31 Å². The highest BCUT2D eigenvalue weighted by Gasteiger charge is 2.44. The fourth-order valence-electron chi connectivity index (χ4n) is 2.39. The summed E-state index contributed by atoms with van der Waals surface area (Å²) in [6, 6.07) is 3.53. The molecule has 1 saturated heterocycles. The van der Waals surface area contributed by atoms with E-state index in [-0.39, 0.29) is 17.9 Å². The number of aliphatic hydroxyl groups is 1. The average Bonchev–Trinajstić information content (AvgIpc) is 2.83. The highest BCUT2D eigenvalue weighted by Crippen LogP contribution is 2.30. The first-order chi connectivity index (χ1) is 9.78. The van der Waals surface area contributed by atoms with Gasteiger partial charge in [-0.2, -0.15) is 4.31 Å². The number of aliphatic hydroxyl groups excluding tert-OH is 1. The number of rotatable bonds is 3. The van der Waals surface area contributed by atoms with Crippen LogP contribution in [0.15, 0.2) is 23.1 Å². The minimum Gasteiger partial charge on any atom is -0.468 e. The zero-order valence-corrected chi connectivity index (χ0v) is 13.2. The summed E-state index contributed by atoms with van der Waals surface area (Å²) in [5.41, 5.74) is 0.407. The number of hydrogen-bond acceptors (Lipinski definition) is 5. The molecule has 1 fully saturated rings. The van der Waals surface area contributed by atoms with Gasteiger partial charge < -0.3 is 9.84 Å². The van der Waals surface area contributed by atoms with Crippen LogP contribution in [-0.4, -0.2) is 49.6 Å². The Morgan fingerprint density at radius 3 is 2.76 bits per heavy atom. The Bertz CT molecular complexity index is 661. The summed E-state index contributed by atoms with van der Waals surface area (Å²) < 4.78 is 31.1. The van der Waals surface area contributed by atoms with Gasteiger partial charge in [0, 0.05) is 18.0 Å². The highest BCUT2D eigenvalue weighted by molar-refractivity contribution is 7.89. The molecule has 1 heterocycles. The van der Waals surface area contributed by atoms with Gasteiger partial charge in [-0.15, -0.1) is 0 Å². The van der Waals surface area contributed by atoms with E-state index in [1.807, 2.05) is 0 Å². The number of hydrogen-bond donors (Lipinski definition) is 1. The molecule has 2 rings (SSSR count). The van der Waals surface area contributed by atoms with Crippen LogP contribution in [0.25, 0.3) is 0 Å². The second kappa shape index (κ2) is 5.92. The summed E-state index contributed by atoms with van der Waals surface area (Å²) in [7, 11) is -2.76. The first-order valence-corrected chi connectivity index (χ1v) is 8.13. The van der Waals surface area contributed by atoms with Crippen LogP contribution in [0.4, 0.5) is 0 Å². The molecule has 0 bridgehead atoms. The molecule has 1 aliphatic rings. The zero-order valence-electron chi connectivity index (χ0n) is 11.6. The molecule has 1 aromatic carbocycles. The summed E-state index contributed by atoms with van der Waals surface area (Å²) >= 11 is 5.96.